The Kier molecular flexibility index (Phi) is 7.73. The number of carbonyl (C=O) groups is 1. The van der Waals surface area contributed by atoms with Gasteiger partial charge in [-0.15, -0.1) is 0 Å². The lowest BCUT2D eigenvalue weighted by Crippen LogP contribution is -2.32. The molecule has 0 aromatic heterocycles. The molecule has 0 radical (unpaired) electrons. The average molecular weight is 445 g/mol. The Hall–Kier alpha value is -2.38. The maximum Gasteiger partial charge on any atom is 0.257 e. The van der Waals surface area contributed by atoms with Crippen LogP contribution in [-0.4, -0.2) is 33.5 Å². The minimum absolute atomic E-state index is 0.0326. The molecule has 0 unspecified atom stereocenters. The number of benzene rings is 2. The molecular formula is C24H32N2O4S. The fourth-order valence-electron chi connectivity index (χ4n) is 3.85. The van der Waals surface area contributed by atoms with Crippen LogP contribution in [-0.2, 0) is 21.2 Å². The molecule has 0 saturated heterocycles. The van der Waals surface area contributed by atoms with Crippen LogP contribution >= 0.6 is 0 Å². The van der Waals surface area contributed by atoms with E-state index in [9.17, 15) is 13.2 Å². The number of ether oxygens (including phenoxy) is 1. The van der Waals surface area contributed by atoms with Gasteiger partial charge in [0.25, 0.3) is 5.91 Å². The Bertz CT molecular complexity index is 1010. The van der Waals surface area contributed by atoms with Crippen molar-refractivity contribution in [2.75, 3.05) is 13.2 Å². The molecule has 0 spiro atoms. The van der Waals surface area contributed by atoms with Crippen LogP contribution in [0.2, 0.25) is 0 Å². The minimum Gasteiger partial charge on any atom is -0.483 e. The van der Waals surface area contributed by atoms with Crippen LogP contribution in [0.5, 0.6) is 5.75 Å². The van der Waals surface area contributed by atoms with Crippen molar-refractivity contribution in [3.63, 3.8) is 0 Å². The van der Waals surface area contributed by atoms with Crippen molar-refractivity contribution >= 4 is 15.9 Å². The molecule has 6 nitrogen and oxygen atoms in total. The Morgan fingerprint density at radius 1 is 1.00 bits per heavy atom. The van der Waals surface area contributed by atoms with Crippen LogP contribution in [0.4, 0.5) is 0 Å². The van der Waals surface area contributed by atoms with Crippen LogP contribution in [0.1, 0.15) is 47.9 Å². The first-order valence-corrected chi connectivity index (χ1v) is 12.3. The predicted octanol–water partition coefficient (Wildman–Crippen LogP) is 3.57. The second kappa shape index (κ2) is 10.3. The maximum absolute atomic E-state index is 12.5. The maximum atomic E-state index is 12.5. The third kappa shape index (κ3) is 6.31. The van der Waals surface area contributed by atoms with Gasteiger partial charge < -0.3 is 10.1 Å². The number of hydrogen-bond acceptors (Lipinski definition) is 4. The monoisotopic (exact) mass is 444 g/mol. The molecule has 1 fully saturated rings. The molecular weight excluding hydrogens is 412 g/mol. The number of rotatable bonds is 9. The minimum atomic E-state index is -3.47. The van der Waals surface area contributed by atoms with Crippen LogP contribution < -0.4 is 14.8 Å². The average Bonchev–Trinajstić information content (AvgIpc) is 3.23. The van der Waals surface area contributed by atoms with Crippen LogP contribution in [0.3, 0.4) is 0 Å². The van der Waals surface area contributed by atoms with E-state index in [-0.39, 0.29) is 23.5 Å². The zero-order valence-electron chi connectivity index (χ0n) is 18.5. The highest BCUT2D eigenvalue weighted by Crippen LogP contribution is 2.25. The topological polar surface area (TPSA) is 84.5 Å². The summed E-state index contributed by atoms with van der Waals surface area (Å²) in [5.41, 5.74) is 4.15. The zero-order valence-corrected chi connectivity index (χ0v) is 19.3. The summed E-state index contributed by atoms with van der Waals surface area (Å²) in [5, 5.41) is 2.85. The molecule has 0 heterocycles. The quantitative estimate of drug-likeness (QED) is 0.619. The molecule has 2 aromatic rings. The van der Waals surface area contributed by atoms with Crippen LogP contribution in [0.25, 0.3) is 0 Å². The predicted molar refractivity (Wildman–Crippen MR) is 122 cm³/mol. The molecule has 31 heavy (non-hydrogen) atoms. The van der Waals surface area contributed by atoms with E-state index in [2.05, 4.69) is 10.0 Å². The summed E-state index contributed by atoms with van der Waals surface area (Å²) in [6.45, 7) is 6.40. The lowest BCUT2D eigenvalue weighted by Gasteiger charge is -2.14. The summed E-state index contributed by atoms with van der Waals surface area (Å²) < 4.78 is 33.5. The van der Waals surface area contributed by atoms with Gasteiger partial charge in [-0.05, 0) is 74.4 Å². The second-order valence-corrected chi connectivity index (χ2v) is 10.0. The third-order valence-electron chi connectivity index (χ3n) is 5.87. The van der Waals surface area contributed by atoms with E-state index in [0.717, 1.165) is 53.7 Å². The van der Waals surface area contributed by atoms with E-state index in [4.69, 9.17) is 4.74 Å². The fourth-order valence-corrected chi connectivity index (χ4v) is 5.15. The normalized spacial score (nSPS) is 14.5. The lowest BCUT2D eigenvalue weighted by atomic mass is 10.1. The number of hydrogen-bond donors (Lipinski definition) is 2. The van der Waals surface area contributed by atoms with E-state index >= 15 is 0 Å². The first-order chi connectivity index (χ1) is 14.8. The summed E-state index contributed by atoms with van der Waals surface area (Å²) in [6.07, 6.45) is 4.58. The van der Waals surface area contributed by atoms with E-state index in [0.29, 0.717) is 13.0 Å². The molecule has 1 aliphatic rings. The molecule has 7 heteroatoms. The van der Waals surface area contributed by atoms with Gasteiger partial charge in [0.05, 0.1) is 4.90 Å². The Morgan fingerprint density at radius 2 is 1.65 bits per heavy atom. The number of nitrogens with one attached hydrogen (secondary N) is 2. The van der Waals surface area contributed by atoms with Gasteiger partial charge in [0.15, 0.2) is 6.61 Å². The van der Waals surface area contributed by atoms with Gasteiger partial charge in [-0.1, -0.05) is 37.1 Å². The molecule has 2 N–H and O–H groups in total. The number of sulfonamides is 1. The van der Waals surface area contributed by atoms with Crippen molar-refractivity contribution in [2.24, 2.45) is 0 Å². The highest BCUT2D eigenvalue weighted by Gasteiger charge is 2.22. The highest BCUT2D eigenvalue weighted by atomic mass is 32.2. The number of aryl methyl sites for hydroxylation is 2. The van der Waals surface area contributed by atoms with E-state index in [1.807, 2.05) is 32.9 Å². The largest absolute Gasteiger partial charge is 0.483 e. The molecule has 1 amide bonds. The summed E-state index contributed by atoms with van der Waals surface area (Å²) in [6, 6.07) is 10.9. The van der Waals surface area contributed by atoms with Gasteiger partial charge in [0.2, 0.25) is 10.0 Å². The van der Waals surface area contributed by atoms with Crippen molar-refractivity contribution in [1.82, 2.24) is 10.0 Å². The summed E-state index contributed by atoms with van der Waals surface area (Å²) in [4.78, 5) is 12.4. The Labute approximate surface area is 185 Å². The first kappa shape index (κ1) is 23.3. The molecule has 168 valence electrons. The molecule has 0 atom stereocenters. The molecule has 3 rings (SSSR count). The Morgan fingerprint density at radius 3 is 2.32 bits per heavy atom. The van der Waals surface area contributed by atoms with Gasteiger partial charge >= 0.3 is 0 Å². The van der Waals surface area contributed by atoms with E-state index < -0.39 is 10.0 Å². The van der Waals surface area contributed by atoms with Crippen molar-refractivity contribution < 1.29 is 17.9 Å². The number of amides is 1. The Balaban J connectivity index is 1.45. The van der Waals surface area contributed by atoms with Crippen LogP contribution in [0, 0.1) is 20.8 Å². The molecule has 0 aliphatic heterocycles. The summed E-state index contributed by atoms with van der Waals surface area (Å²) in [5.74, 6) is 0.582. The molecule has 0 bridgehead atoms. The van der Waals surface area contributed by atoms with Gasteiger partial charge in [-0.25, -0.2) is 13.1 Å². The van der Waals surface area contributed by atoms with Crippen molar-refractivity contribution in [1.29, 1.82) is 0 Å². The van der Waals surface area contributed by atoms with Gasteiger partial charge in [0, 0.05) is 12.6 Å². The molecule has 1 saturated carbocycles. The van der Waals surface area contributed by atoms with E-state index in [1.165, 1.54) is 0 Å². The van der Waals surface area contributed by atoms with Gasteiger partial charge in [0.1, 0.15) is 5.75 Å². The standard InChI is InChI=1S/C24H32N2O4S/c1-17-8-9-18(2)24(19(17)3)30-16-23(27)25-15-14-20-10-12-22(13-11-20)31(28,29)26-21-6-4-5-7-21/h8-13,21,26H,4-7,14-16H2,1-3H3,(H,25,27). The first-order valence-electron chi connectivity index (χ1n) is 10.8. The van der Waals surface area contributed by atoms with Gasteiger partial charge in [-0.2, -0.15) is 0 Å². The zero-order chi connectivity index (χ0) is 22.4. The SMILES string of the molecule is Cc1ccc(C)c(OCC(=O)NCCc2ccc(S(=O)(=O)NC3CCCC3)cc2)c1C. The highest BCUT2D eigenvalue weighted by molar-refractivity contribution is 7.89. The van der Waals surface area contributed by atoms with Crippen molar-refractivity contribution in [3.05, 3.63) is 58.7 Å². The molecule has 2 aromatic carbocycles. The molecule has 1 aliphatic carbocycles. The third-order valence-corrected chi connectivity index (χ3v) is 7.40. The number of carbonyl (C=O) groups excluding carboxylic acids is 1. The van der Waals surface area contributed by atoms with Crippen molar-refractivity contribution in [2.45, 2.75) is 63.8 Å². The van der Waals surface area contributed by atoms with Gasteiger partial charge in [-0.3, -0.25) is 4.79 Å². The fraction of sp³-hybridized carbons (Fsp3) is 0.458. The van der Waals surface area contributed by atoms with Crippen LogP contribution in [0.15, 0.2) is 41.3 Å². The van der Waals surface area contributed by atoms with E-state index in [1.54, 1.807) is 24.3 Å². The summed E-state index contributed by atoms with van der Waals surface area (Å²) >= 11 is 0. The van der Waals surface area contributed by atoms with Crippen molar-refractivity contribution in [3.8, 4) is 5.75 Å². The lowest BCUT2D eigenvalue weighted by molar-refractivity contribution is -0.123. The second-order valence-electron chi connectivity index (χ2n) is 8.29. The smallest absolute Gasteiger partial charge is 0.257 e. The summed E-state index contributed by atoms with van der Waals surface area (Å²) in [7, 11) is -3.47.